The van der Waals surface area contributed by atoms with Gasteiger partial charge in [0.15, 0.2) is 8.24 Å². The molecule has 0 saturated heterocycles. The van der Waals surface area contributed by atoms with E-state index in [1.165, 1.54) is 25.0 Å². The first-order chi connectivity index (χ1) is 7.67. The highest BCUT2D eigenvalue weighted by Crippen LogP contribution is 2.19. The molecule has 1 aliphatic rings. The van der Waals surface area contributed by atoms with Crippen molar-refractivity contribution < 1.29 is 4.53 Å². The van der Waals surface area contributed by atoms with Gasteiger partial charge in [-0.15, -0.1) is 0 Å². The fraction of sp³-hybridized carbons (Fsp3) is 0.917. The molecule has 1 fully saturated rings. The number of nitrogens with zero attached hydrogens (tertiary/aromatic N) is 1. The summed E-state index contributed by atoms with van der Waals surface area (Å²) in [5.41, 5.74) is 4.64. The molecule has 1 unspecified atom stereocenters. The minimum absolute atomic E-state index is 0.363. The van der Waals surface area contributed by atoms with E-state index >= 15 is 0 Å². The smallest absolute Gasteiger partial charge is 0.211 e. The van der Waals surface area contributed by atoms with Gasteiger partial charge in [-0.3, -0.25) is 0 Å². The summed E-state index contributed by atoms with van der Waals surface area (Å²) in [5, 5.41) is 0. The predicted octanol–water partition coefficient (Wildman–Crippen LogP) is 3.56. The number of rotatable bonds is 4. The second-order valence-corrected chi connectivity index (χ2v) is 15.9. The quantitative estimate of drug-likeness (QED) is 0.627. The van der Waals surface area contributed by atoms with E-state index in [-0.39, 0.29) is 0 Å². The average molecular weight is 273 g/mol. The second-order valence-electron chi connectivity index (χ2n) is 6.90. The van der Waals surface area contributed by atoms with Crippen molar-refractivity contribution in [3.63, 3.8) is 0 Å². The lowest BCUT2D eigenvalue weighted by Gasteiger charge is -2.30. The zero-order valence-electron chi connectivity index (χ0n) is 12.3. The van der Waals surface area contributed by atoms with Crippen LogP contribution in [0.4, 0.5) is 0 Å². The maximum Gasteiger partial charge on any atom is 0.211 e. The number of hydrogen-bond donors (Lipinski definition) is 1. The van der Waals surface area contributed by atoms with Crippen LogP contribution < -0.4 is 5.48 Å². The third kappa shape index (κ3) is 6.50. The van der Waals surface area contributed by atoms with Gasteiger partial charge in [0.25, 0.3) is 0 Å². The van der Waals surface area contributed by atoms with E-state index in [0.717, 1.165) is 6.42 Å². The molecule has 1 rings (SSSR count). The van der Waals surface area contributed by atoms with Gasteiger partial charge in [0.1, 0.15) is 0 Å². The molecule has 100 valence electrons. The minimum atomic E-state index is -1.48. The molecule has 1 saturated carbocycles. The Morgan fingerprint density at radius 3 is 2.29 bits per heavy atom. The topological polar surface area (TPSA) is 33.6 Å². The van der Waals surface area contributed by atoms with Crippen LogP contribution >= 0.6 is 0 Å². The van der Waals surface area contributed by atoms with Gasteiger partial charge in [-0.05, 0) is 58.5 Å². The average Bonchev–Trinajstić information content (AvgIpc) is 2.12. The molecule has 17 heavy (non-hydrogen) atoms. The Bertz CT molecular complexity index is 279. The highest BCUT2D eigenvalue weighted by Gasteiger charge is 2.25. The Morgan fingerprint density at radius 2 is 1.76 bits per heavy atom. The lowest BCUT2D eigenvalue weighted by Crippen LogP contribution is -2.45. The van der Waals surface area contributed by atoms with Crippen LogP contribution in [-0.4, -0.2) is 28.3 Å². The number of nitrogens with one attached hydrogen (secondary N) is 1. The summed E-state index contributed by atoms with van der Waals surface area (Å²) < 4.78 is 10.8. The Morgan fingerprint density at radius 1 is 1.12 bits per heavy atom. The zero-order valence-corrected chi connectivity index (χ0v) is 14.3. The van der Waals surface area contributed by atoms with Crippen molar-refractivity contribution in [1.82, 2.24) is 5.48 Å². The normalized spacial score (nSPS) is 25.3. The van der Waals surface area contributed by atoms with Gasteiger partial charge >= 0.3 is 0 Å². The van der Waals surface area contributed by atoms with Crippen LogP contribution in [0, 0.1) is 0 Å². The van der Waals surface area contributed by atoms with E-state index < -0.39 is 16.6 Å². The molecule has 5 heteroatoms. The van der Waals surface area contributed by atoms with Crippen molar-refractivity contribution >= 4 is 22.3 Å². The molecule has 0 aromatic rings. The Hall–Kier alpha value is 0.0238. The van der Waals surface area contributed by atoms with Crippen molar-refractivity contribution in [2.45, 2.75) is 71.0 Å². The van der Waals surface area contributed by atoms with Crippen molar-refractivity contribution in [3.8, 4) is 0 Å². The van der Waals surface area contributed by atoms with Gasteiger partial charge in [0.05, 0.1) is 6.04 Å². The minimum Gasteiger partial charge on any atom is -0.345 e. The number of hydroxylamine groups is 1. The molecule has 0 radical (unpaired) electrons. The molecule has 0 spiro atoms. The second kappa shape index (κ2) is 5.78. The van der Waals surface area contributed by atoms with E-state index in [1.54, 1.807) is 0 Å². The van der Waals surface area contributed by atoms with Crippen LogP contribution in [-0.2, 0) is 4.53 Å². The summed E-state index contributed by atoms with van der Waals surface area (Å²) in [6.07, 6.45) is 4.90. The third-order valence-corrected chi connectivity index (χ3v) is 4.25. The third-order valence-electron chi connectivity index (χ3n) is 2.56. The van der Waals surface area contributed by atoms with Gasteiger partial charge in [0.2, 0.25) is 8.32 Å². The summed E-state index contributed by atoms with van der Waals surface area (Å²) in [5.74, 6) is 0. The predicted molar refractivity (Wildman–Crippen MR) is 80.6 cm³/mol. The molecule has 1 aliphatic carbocycles. The van der Waals surface area contributed by atoms with Gasteiger partial charge in [-0.2, -0.15) is 0 Å². The maximum atomic E-state index is 5.84. The Kier molecular flexibility index (Phi) is 5.12. The first-order valence-corrected chi connectivity index (χ1v) is 13.6. The van der Waals surface area contributed by atoms with Gasteiger partial charge < -0.3 is 9.18 Å². The van der Waals surface area contributed by atoms with E-state index in [1.807, 2.05) is 0 Å². The molecule has 1 N–H and O–H groups in total. The molecule has 0 aromatic carbocycles. The van der Waals surface area contributed by atoms with Gasteiger partial charge in [-0.1, -0.05) is 6.42 Å². The molecule has 3 nitrogen and oxygen atoms in total. The highest BCUT2D eigenvalue weighted by molar-refractivity contribution is 6.75. The maximum absolute atomic E-state index is 5.84. The molecule has 0 bridgehead atoms. The molecular formula is C12H28N2OSi2. The largest absolute Gasteiger partial charge is 0.345 e. The Balaban J connectivity index is 2.64. The van der Waals surface area contributed by atoms with Crippen LogP contribution in [0.2, 0.25) is 39.3 Å². The van der Waals surface area contributed by atoms with Crippen LogP contribution in [0.3, 0.4) is 0 Å². The molecule has 0 amide bonds. The first-order valence-electron chi connectivity index (χ1n) is 6.69. The summed E-state index contributed by atoms with van der Waals surface area (Å²) >= 11 is 0. The van der Waals surface area contributed by atoms with E-state index in [9.17, 15) is 0 Å². The Labute approximate surface area is 108 Å². The van der Waals surface area contributed by atoms with Gasteiger partial charge in [-0.25, -0.2) is 5.48 Å². The van der Waals surface area contributed by atoms with Crippen molar-refractivity contribution in [2.24, 2.45) is 4.66 Å². The summed E-state index contributed by atoms with van der Waals surface area (Å²) in [6.45, 7) is 13.5. The number of hydrogen-bond acceptors (Lipinski definition) is 3. The molecular weight excluding hydrogens is 244 g/mol. The van der Waals surface area contributed by atoms with Crippen molar-refractivity contribution in [3.05, 3.63) is 0 Å². The molecule has 0 aliphatic heterocycles. The lowest BCUT2D eigenvalue weighted by atomic mass is 9.94. The van der Waals surface area contributed by atoms with Crippen molar-refractivity contribution in [1.29, 1.82) is 0 Å². The van der Waals surface area contributed by atoms with E-state index in [2.05, 4.69) is 44.8 Å². The fourth-order valence-corrected chi connectivity index (χ4v) is 3.56. The van der Waals surface area contributed by atoms with Crippen molar-refractivity contribution in [2.75, 3.05) is 0 Å². The van der Waals surface area contributed by atoms with Crippen LogP contribution in [0.25, 0.3) is 0 Å². The standard InChI is InChI=1S/C12H28N2OSi2/c1-16(2,3)14-12-10-8-7-9-11(12)13-15-17(4,5)6/h11,13H,7-10H2,1-6H3. The van der Waals surface area contributed by atoms with Crippen LogP contribution in [0.15, 0.2) is 4.66 Å². The van der Waals surface area contributed by atoms with Crippen LogP contribution in [0.5, 0.6) is 0 Å². The molecule has 0 heterocycles. The first kappa shape index (κ1) is 15.1. The SMILES string of the molecule is C[Si](C)(C)N=C1CCCCC1NO[Si](C)(C)C. The van der Waals surface area contributed by atoms with Crippen LogP contribution in [0.1, 0.15) is 25.7 Å². The highest BCUT2D eigenvalue weighted by atomic mass is 28.4. The summed E-state index contributed by atoms with van der Waals surface area (Å²) in [7, 11) is -2.84. The summed E-state index contributed by atoms with van der Waals surface area (Å²) in [4.78, 5) is 0. The van der Waals surface area contributed by atoms with Gasteiger partial charge in [0, 0.05) is 5.71 Å². The lowest BCUT2D eigenvalue weighted by molar-refractivity contribution is 0.162. The summed E-state index contributed by atoms with van der Waals surface area (Å²) in [6, 6.07) is 0.363. The fourth-order valence-electron chi connectivity index (χ4n) is 1.93. The van der Waals surface area contributed by atoms with E-state index in [4.69, 9.17) is 9.18 Å². The zero-order chi connectivity index (χ0) is 13.1. The molecule has 1 atom stereocenters. The molecule has 0 aromatic heterocycles. The monoisotopic (exact) mass is 272 g/mol. The van der Waals surface area contributed by atoms with E-state index in [0.29, 0.717) is 6.04 Å².